The van der Waals surface area contributed by atoms with Crippen LogP contribution >= 0.6 is 0 Å². The number of nitrogens with one attached hydrogen (secondary N) is 1. The van der Waals surface area contributed by atoms with Crippen molar-refractivity contribution >= 4 is 11.9 Å². The SMILES string of the molecule is COC(=O)c1[nH]ncc1CC(C)C(=O)O. The molecule has 15 heavy (non-hydrogen) atoms. The van der Waals surface area contributed by atoms with Gasteiger partial charge in [0.25, 0.3) is 0 Å². The molecule has 0 fully saturated rings. The number of carboxylic acid groups (broad SMARTS) is 1. The van der Waals surface area contributed by atoms with E-state index in [2.05, 4.69) is 14.9 Å². The van der Waals surface area contributed by atoms with E-state index in [1.54, 1.807) is 6.92 Å². The maximum absolute atomic E-state index is 11.2. The van der Waals surface area contributed by atoms with Crippen LogP contribution in [0.2, 0.25) is 0 Å². The summed E-state index contributed by atoms with van der Waals surface area (Å²) in [6, 6.07) is 0. The number of hydrogen-bond acceptors (Lipinski definition) is 4. The number of carbonyl (C=O) groups excluding carboxylic acids is 1. The molecule has 0 saturated heterocycles. The lowest BCUT2D eigenvalue weighted by Crippen LogP contribution is -2.14. The van der Waals surface area contributed by atoms with E-state index < -0.39 is 17.9 Å². The Bertz CT molecular complexity index is 372. The molecule has 2 N–H and O–H groups in total. The molecule has 0 aliphatic rings. The lowest BCUT2D eigenvalue weighted by atomic mass is 10.0. The van der Waals surface area contributed by atoms with Gasteiger partial charge in [-0.1, -0.05) is 6.92 Å². The highest BCUT2D eigenvalue weighted by atomic mass is 16.5. The summed E-state index contributed by atoms with van der Waals surface area (Å²) in [6.45, 7) is 1.57. The van der Waals surface area contributed by atoms with Crippen LogP contribution in [0.3, 0.4) is 0 Å². The third kappa shape index (κ3) is 2.55. The third-order valence-electron chi connectivity index (χ3n) is 2.06. The Morgan fingerprint density at radius 1 is 1.67 bits per heavy atom. The lowest BCUT2D eigenvalue weighted by Gasteiger charge is -2.05. The van der Waals surface area contributed by atoms with Crippen LogP contribution in [0.4, 0.5) is 0 Å². The van der Waals surface area contributed by atoms with Crippen molar-refractivity contribution in [1.82, 2.24) is 10.2 Å². The smallest absolute Gasteiger partial charge is 0.356 e. The molecule has 1 rings (SSSR count). The maximum atomic E-state index is 11.2. The van der Waals surface area contributed by atoms with Crippen molar-refractivity contribution in [2.24, 2.45) is 5.92 Å². The van der Waals surface area contributed by atoms with Gasteiger partial charge in [0, 0.05) is 5.56 Å². The van der Waals surface area contributed by atoms with Gasteiger partial charge in [0.2, 0.25) is 0 Å². The second-order valence-electron chi connectivity index (χ2n) is 3.21. The number of aromatic amines is 1. The Morgan fingerprint density at radius 2 is 2.33 bits per heavy atom. The number of nitrogens with zero attached hydrogens (tertiary/aromatic N) is 1. The van der Waals surface area contributed by atoms with Crippen LogP contribution in [0.5, 0.6) is 0 Å². The molecule has 1 heterocycles. The molecule has 82 valence electrons. The van der Waals surface area contributed by atoms with E-state index in [0.29, 0.717) is 5.56 Å². The molecule has 0 radical (unpaired) electrons. The fourth-order valence-corrected chi connectivity index (χ4v) is 1.16. The number of hydrogen-bond donors (Lipinski definition) is 2. The zero-order chi connectivity index (χ0) is 11.4. The Morgan fingerprint density at radius 3 is 2.87 bits per heavy atom. The van der Waals surface area contributed by atoms with Crippen LogP contribution < -0.4 is 0 Å². The lowest BCUT2D eigenvalue weighted by molar-refractivity contribution is -0.141. The van der Waals surface area contributed by atoms with Crippen molar-refractivity contribution < 1.29 is 19.4 Å². The topological polar surface area (TPSA) is 92.3 Å². The van der Waals surface area contributed by atoms with Crippen LogP contribution in [-0.2, 0) is 16.0 Å². The van der Waals surface area contributed by atoms with Gasteiger partial charge >= 0.3 is 11.9 Å². The highest BCUT2D eigenvalue weighted by Gasteiger charge is 2.19. The summed E-state index contributed by atoms with van der Waals surface area (Å²) < 4.78 is 4.52. The minimum absolute atomic E-state index is 0.214. The molecule has 0 amide bonds. The van der Waals surface area contributed by atoms with Crippen molar-refractivity contribution in [2.45, 2.75) is 13.3 Å². The first-order chi connectivity index (χ1) is 7.06. The van der Waals surface area contributed by atoms with Crippen molar-refractivity contribution in [2.75, 3.05) is 7.11 Å². The predicted molar refractivity (Wildman–Crippen MR) is 50.4 cm³/mol. The number of carbonyl (C=O) groups is 2. The van der Waals surface area contributed by atoms with Gasteiger partial charge in [-0.3, -0.25) is 9.89 Å². The van der Waals surface area contributed by atoms with Gasteiger partial charge in [0.05, 0.1) is 19.2 Å². The number of methoxy groups -OCH3 is 1. The second kappa shape index (κ2) is 4.59. The van der Waals surface area contributed by atoms with E-state index in [0.717, 1.165) is 0 Å². The summed E-state index contributed by atoms with van der Waals surface area (Å²) >= 11 is 0. The van der Waals surface area contributed by atoms with Crippen LogP contribution in [0.1, 0.15) is 23.0 Å². The van der Waals surface area contributed by atoms with Gasteiger partial charge < -0.3 is 9.84 Å². The Hall–Kier alpha value is -1.85. The number of aliphatic carboxylic acids is 1. The molecule has 0 bridgehead atoms. The Labute approximate surface area is 86.2 Å². The largest absolute Gasteiger partial charge is 0.481 e. The average molecular weight is 212 g/mol. The monoisotopic (exact) mass is 212 g/mol. The number of aromatic nitrogens is 2. The standard InChI is InChI=1S/C9H12N2O4/c1-5(8(12)13)3-6-4-10-11-7(6)9(14)15-2/h4-5H,3H2,1-2H3,(H,10,11)(H,12,13). The molecule has 0 aromatic carbocycles. The number of rotatable bonds is 4. The van der Waals surface area contributed by atoms with Crippen LogP contribution in [-0.4, -0.2) is 34.4 Å². The van der Waals surface area contributed by atoms with E-state index in [-0.39, 0.29) is 12.1 Å². The van der Waals surface area contributed by atoms with Gasteiger partial charge in [-0.05, 0) is 6.42 Å². The van der Waals surface area contributed by atoms with E-state index in [1.165, 1.54) is 13.3 Å². The molecule has 6 heteroatoms. The summed E-state index contributed by atoms with van der Waals surface area (Å²) in [5.41, 5.74) is 0.766. The summed E-state index contributed by atoms with van der Waals surface area (Å²) in [4.78, 5) is 21.8. The molecule has 0 aliphatic heterocycles. The van der Waals surface area contributed by atoms with Crippen molar-refractivity contribution in [3.05, 3.63) is 17.5 Å². The molecule has 1 atom stereocenters. The van der Waals surface area contributed by atoms with Gasteiger partial charge in [-0.2, -0.15) is 5.10 Å². The number of ether oxygens (including phenoxy) is 1. The van der Waals surface area contributed by atoms with Crippen molar-refractivity contribution in [1.29, 1.82) is 0 Å². The normalized spacial score (nSPS) is 12.1. The first kappa shape index (κ1) is 11.2. The molecular weight excluding hydrogens is 200 g/mol. The second-order valence-corrected chi connectivity index (χ2v) is 3.21. The zero-order valence-electron chi connectivity index (χ0n) is 8.48. The molecule has 0 saturated carbocycles. The van der Waals surface area contributed by atoms with Gasteiger partial charge in [-0.25, -0.2) is 4.79 Å². The summed E-state index contributed by atoms with van der Waals surface area (Å²) in [7, 11) is 1.26. The molecule has 1 aromatic heterocycles. The van der Waals surface area contributed by atoms with E-state index in [9.17, 15) is 9.59 Å². The molecule has 1 unspecified atom stereocenters. The van der Waals surface area contributed by atoms with E-state index >= 15 is 0 Å². The molecular formula is C9H12N2O4. The zero-order valence-corrected chi connectivity index (χ0v) is 8.48. The fraction of sp³-hybridized carbons (Fsp3) is 0.444. The Kier molecular flexibility index (Phi) is 3.43. The van der Waals surface area contributed by atoms with Crippen LogP contribution in [0, 0.1) is 5.92 Å². The Balaban J connectivity index is 2.82. The molecule has 0 aliphatic carbocycles. The first-order valence-electron chi connectivity index (χ1n) is 4.39. The highest BCUT2D eigenvalue weighted by Crippen LogP contribution is 2.12. The molecule has 1 aromatic rings. The number of H-pyrrole nitrogens is 1. The minimum atomic E-state index is -0.910. The summed E-state index contributed by atoms with van der Waals surface area (Å²) in [6.07, 6.45) is 1.68. The summed E-state index contributed by atoms with van der Waals surface area (Å²) in [5, 5.41) is 14.9. The quantitative estimate of drug-likeness (QED) is 0.707. The van der Waals surface area contributed by atoms with Crippen LogP contribution in [0.25, 0.3) is 0 Å². The van der Waals surface area contributed by atoms with E-state index in [1.807, 2.05) is 0 Å². The predicted octanol–water partition coefficient (Wildman–Crippen LogP) is 0.459. The highest BCUT2D eigenvalue weighted by molar-refractivity contribution is 5.88. The molecule has 0 spiro atoms. The number of carboxylic acids is 1. The van der Waals surface area contributed by atoms with Gasteiger partial charge in [0.1, 0.15) is 5.69 Å². The first-order valence-corrected chi connectivity index (χ1v) is 4.39. The molecule has 6 nitrogen and oxygen atoms in total. The van der Waals surface area contributed by atoms with Crippen LogP contribution in [0.15, 0.2) is 6.20 Å². The number of esters is 1. The van der Waals surface area contributed by atoms with Crippen molar-refractivity contribution in [3.63, 3.8) is 0 Å². The third-order valence-corrected chi connectivity index (χ3v) is 2.06. The summed E-state index contributed by atoms with van der Waals surface area (Å²) in [5.74, 6) is -2.02. The van der Waals surface area contributed by atoms with Gasteiger partial charge in [0.15, 0.2) is 0 Å². The van der Waals surface area contributed by atoms with Gasteiger partial charge in [-0.15, -0.1) is 0 Å². The minimum Gasteiger partial charge on any atom is -0.481 e. The van der Waals surface area contributed by atoms with E-state index in [4.69, 9.17) is 5.11 Å². The maximum Gasteiger partial charge on any atom is 0.356 e. The fourth-order valence-electron chi connectivity index (χ4n) is 1.16. The van der Waals surface area contributed by atoms with Crippen molar-refractivity contribution in [3.8, 4) is 0 Å². The average Bonchev–Trinajstić information content (AvgIpc) is 2.64.